The topological polar surface area (TPSA) is 60.4 Å². The second kappa shape index (κ2) is 10.1. The van der Waals surface area contributed by atoms with Gasteiger partial charge in [-0.1, -0.05) is 64.7 Å². The Hall–Kier alpha value is -3.35. The number of hydrogen-bond donors (Lipinski definition) is 0. The van der Waals surface area contributed by atoms with Crippen molar-refractivity contribution in [1.82, 2.24) is 0 Å². The average Bonchev–Trinajstić information content (AvgIpc) is 3.48. The number of alkyl halides is 3. The summed E-state index contributed by atoms with van der Waals surface area (Å²) in [5.41, 5.74) is 0.439. The molecule has 0 fully saturated rings. The summed E-state index contributed by atoms with van der Waals surface area (Å²) in [5.74, 6) is -0.317. The van der Waals surface area contributed by atoms with Gasteiger partial charge >= 0.3 is 15.6 Å². The number of aryl methyl sites for hydroxylation is 6. The molecule has 0 N–H and O–H groups in total. The number of rotatable bonds is 5. The third kappa shape index (κ3) is 4.74. The van der Waals surface area contributed by atoms with Gasteiger partial charge in [0, 0.05) is 26.9 Å². The molecular formula is C34H32F3O4PS. The second-order valence-corrected chi connectivity index (χ2v) is 16.2. The summed E-state index contributed by atoms with van der Waals surface area (Å²) >= 11 is 0. The zero-order valence-electron chi connectivity index (χ0n) is 24.4. The van der Waals surface area contributed by atoms with E-state index in [0.29, 0.717) is 47.2 Å². The van der Waals surface area contributed by atoms with E-state index >= 15 is 4.57 Å². The Bertz CT molecular complexity index is 1850. The third-order valence-corrected chi connectivity index (χ3v) is 12.8. The van der Waals surface area contributed by atoms with E-state index in [1.54, 1.807) is 0 Å². The van der Waals surface area contributed by atoms with Crippen LogP contribution < -0.4 is 20.1 Å². The highest BCUT2D eigenvalue weighted by atomic mass is 32.2. The SMILES string of the molecule is Cc1cc(C)cc(P(=O)(c2cc(C)cc(C)c2)c2cccc3c2[C@]2(CCc4cccc(OS(=O)(=O)C(F)(F)F)c42)CC3)c1. The monoisotopic (exact) mass is 624 g/mol. The molecule has 2 aliphatic rings. The van der Waals surface area contributed by atoms with E-state index < -0.39 is 28.2 Å². The van der Waals surface area contributed by atoms with Crippen molar-refractivity contribution in [3.05, 3.63) is 117 Å². The summed E-state index contributed by atoms with van der Waals surface area (Å²) < 4.78 is 85.6. The van der Waals surface area contributed by atoms with Crippen molar-refractivity contribution >= 4 is 33.2 Å². The minimum Gasteiger partial charge on any atom is -0.376 e. The lowest BCUT2D eigenvalue weighted by Crippen LogP contribution is -2.35. The Morgan fingerprint density at radius 2 is 1.19 bits per heavy atom. The Labute approximate surface area is 250 Å². The van der Waals surface area contributed by atoms with E-state index in [0.717, 1.165) is 38.9 Å². The first-order valence-corrected chi connectivity index (χ1v) is 17.3. The highest BCUT2D eigenvalue weighted by Gasteiger charge is 2.53. The lowest BCUT2D eigenvalue weighted by molar-refractivity contribution is -0.0500. The molecule has 0 saturated heterocycles. The second-order valence-electron chi connectivity index (χ2n) is 12.0. The smallest absolute Gasteiger partial charge is 0.376 e. The molecule has 0 bridgehead atoms. The minimum atomic E-state index is -5.89. The van der Waals surface area contributed by atoms with Gasteiger partial charge in [-0.2, -0.15) is 21.6 Å². The van der Waals surface area contributed by atoms with Gasteiger partial charge in [-0.25, -0.2) is 0 Å². The fourth-order valence-electron chi connectivity index (χ4n) is 7.31. The van der Waals surface area contributed by atoms with E-state index in [1.807, 2.05) is 88.4 Å². The lowest BCUT2D eigenvalue weighted by atomic mass is 9.76. The van der Waals surface area contributed by atoms with Crippen molar-refractivity contribution in [1.29, 1.82) is 0 Å². The van der Waals surface area contributed by atoms with Crippen LogP contribution in [0.4, 0.5) is 13.2 Å². The van der Waals surface area contributed by atoms with Crippen LogP contribution in [0, 0.1) is 27.7 Å². The number of benzene rings is 4. The van der Waals surface area contributed by atoms with E-state index in [2.05, 4.69) is 0 Å². The van der Waals surface area contributed by atoms with Crippen molar-refractivity contribution in [2.75, 3.05) is 0 Å². The van der Waals surface area contributed by atoms with Crippen LogP contribution in [0.5, 0.6) is 5.75 Å². The molecule has 0 aromatic heterocycles. The average molecular weight is 625 g/mol. The van der Waals surface area contributed by atoms with Crippen LogP contribution >= 0.6 is 7.14 Å². The van der Waals surface area contributed by atoms with Gasteiger partial charge in [-0.15, -0.1) is 0 Å². The predicted molar refractivity (Wildman–Crippen MR) is 164 cm³/mol. The maximum atomic E-state index is 16.0. The predicted octanol–water partition coefficient (Wildman–Crippen LogP) is 6.97. The molecule has 9 heteroatoms. The molecular weight excluding hydrogens is 592 g/mol. The summed E-state index contributed by atoms with van der Waals surface area (Å²) in [4.78, 5) is 0. The summed E-state index contributed by atoms with van der Waals surface area (Å²) in [6.07, 6.45) is 2.23. The molecule has 0 aliphatic heterocycles. The van der Waals surface area contributed by atoms with Gasteiger partial charge < -0.3 is 8.75 Å². The molecule has 1 atom stereocenters. The van der Waals surface area contributed by atoms with Crippen LogP contribution in [0.2, 0.25) is 0 Å². The summed E-state index contributed by atoms with van der Waals surface area (Å²) in [6.45, 7) is 7.88. The van der Waals surface area contributed by atoms with Crippen molar-refractivity contribution in [2.24, 2.45) is 0 Å². The Morgan fingerprint density at radius 1 is 0.721 bits per heavy atom. The molecule has 0 saturated carbocycles. The van der Waals surface area contributed by atoms with Crippen LogP contribution in [0.3, 0.4) is 0 Å². The van der Waals surface area contributed by atoms with Gasteiger partial charge in [0.05, 0.1) is 0 Å². The van der Waals surface area contributed by atoms with Crippen molar-refractivity contribution in [3.63, 3.8) is 0 Å². The molecule has 6 rings (SSSR count). The van der Waals surface area contributed by atoms with Gasteiger partial charge in [-0.05, 0) is 100 Å². The van der Waals surface area contributed by atoms with Crippen molar-refractivity contribution < 1.29 is 30.3 Å². The maximum absolute atomic E-state index is 16.0. The van der Waals surface area contributed by atoms with Crippen LogP contribution in [-0.2, 0) is 32.9 Å². The summed E-state index contributed by atoms with van der Waals surface area (Å²) in [7, 11) is -9.43. The van der Waals surface area contributed by atoms with E-state index in [1.165, 1.54) is 12.1 Å². The van der Waals surface area contributed by atoms with Gasteiger partial charge in [-0.3, -0.25) is 0 Å². The van der Waals surface area contributed by atoms with Gasteiger partial charge in [0.2, 0.25) is 0 Å². The lowest BCUT2D eigenvalue weighted by Gasteiger charge is -2.33. The highest BCUT2D eigenvalue weighted by Crippen LogP contribution is 2.58. The maximum Gasteiger partial charge on any atom is 0.534 e. The fourth-order valence-corrected chi connectivity index (χ4v) is 11.1. The molecule has 0 unspecified atom stereocenters. The summed E-state index contributed by atoms with van der Waals surface area (Å²) in [5, 5.41) is 2.01. The zero-order chi connectivity index (χ0) is 30.9. The van der Waals surface area contributed by atoms with Crippen LogP contribution in [0.15, 0.2) is 72.8 Å². The van der Waals surface area contributed by atoms with Crippen molar-refractivity contribution in [2.45, 2.75) is 64.3 Å². The van der Waals surface area contributed by atoms with Crippen LogP contribution in [-0.4, -0.2) is 13.9 Å². The van der Waals surface area contributed by atoms with E-state index in [9.17, 15) is 21.6 Å². The molecule has 4 nitrogen and oxygen atoms in total. The quantitative estimate of drug-likeness (QED) is 0.137. The first-order valence-electron chi connectivity index (χ1n) is 14.2. The molecule has 2 aliphatic carbocycles. The largest absolute Gasteiger partial charge is 0.534 e. The zero-order valence-corrected chi connectivity index (χ0v) is 26.1. The fraction of sp³-hybridized carbons (Fsp3) is 0.294. The van der Waals surface area contributed by atoms with E-state index in [4.69, 9.17) is 4.18 Å². The van der Waals surface area contributed by atoms with Crippen LogP contribution in [0.25, 0.3) is 0 Å². The first-order chi connectivity index (χ1) is 20.2. The van der Waals surface area contributed by atoms with Gasteiger partial charge in [0.1, 0.15) is 5.75 Å². The Kier molecular flexibility index (Phi) is 6.98. The third-order valence-electron chi connectivity index (χ3n) is 8.80. The minimum absolute atomic E-state index is 0.317. The molecule has 43 heavy (non-hydrogen) atoms. The molecule has 1 spiro atoms. The normalized spacial score (nSPS) is 18.1. The molecule has 0 heterocycles. The van der Waals surface area contributed by atoms with Crippen molar-refractivity contribution in [3.8, 4) is 5.75 Å². The molecule has 4 aromatic carbocycles. The standard InChI is InChI=1S/C34H32F3O4PS/c1-21-15-22(2)18-27(17-21)42(38,28-19-23(3)16-24(4)20-28)30-10-6-8-26-12-14-33(32(26)30)13-11-25-7-5-9-29(31(25)33)41-43(39,40)34(35,36)37/h5-10,15-20H,11-14H2,1-4H3/t33-/m1/s1. The first kappa shape index (κ1) is 29.7. The molecule has 0 radical (unpaired) electrons. The highest BCUT2D eigenvalue weighted by molar-refractivity contribution is 7.88. The van der Waals surface area contributed by atoms with Gasteiger partial charge in [0.15, 0.2) is 7.14 Å². The van der Waals surface area contributed by atoms with Crippen LogP contribution in [0.1, 0.15) is 57.3 Å². The number of fused-ring (bicyclic) bond motifs is 4. The molecule has 224 valence electrons. The van der Waals surface area contributed by atoms with E-state index in [-0.39, 0.29) is 5.75 Å². The molecule has 0 amide bonds. The number of halogens is 3. The Morgan fingerprint density at radius 3 is 1.67 bits per heavy atom. The summed E-state index contributed by atoms with van der Waals surface area (Å²) in [6, 6.07) is 22.3. The van der Waals surface area contributed by atoms with Gasteiger partial charge in [0.25, 0.3) is 0 Å². The number of hydrogen-bond acceptors (Lipinski definition) is 4. The molecule has 4 aromatic rings. The Balaban J connectivity index is 1.66.